The van der Waals surface area contributed by atoms with Crippen LogP contribution in [0.2, 0.25) is 0 Å². The summed E-state index contributed by atoms with van der Waals surface area (Å²) in [7, 11) is 0. The molecule has 1 aliphatic rings. The Morgan fingerprint density at radius 2 is 2.14 bits per heavy atom. The lowest BCUT2D eigenvalue weighted by atomic mass is 9.79. The molecule has 3 unspecified atom stereocenters. The quantitative estimate of drug-likeness (QED) is 0.870. The fourth-order valence-corrected chi connectivity index (χ4v) is 3.10. The maximum atomic E-state index is 13.6. The average Bonchev–Trinajstić information content (AvgIpc) is 2.47. The topological polar surface area (TPSA) is 49.3 Å². The van der Waals surface area contributed by atoms with Crippen molar-refractivity contribution in [2.24, 2.45) is 11.8 Å². The van der Waals surface area contributed by atoms with E-state index < -0.39 is 5.97 Å². The molecule has 0 aromatic heterocycles. The number of nitrogens with one attached hydrogen (secondary N) is 1. The maximum Gasteiger partial charge on any atom is 0.306 e. The summed E-state index contributed by atoms with van der Waals surface area (Å²) in [5.41, 5.74) is 1.55. The van der Waals surface area contributed by atoms with E-state index in [1.807, 2.05) is 13.0 Å². The first-order valence-electron chi connectivity index (χ1n) is 7.71. The number of aryl methyl sites for hydroxylation is 1. The Bertz CT molecular complexity index is 504. The van der Waals surface area contributed by atoms with Crippen LogP contribution in [0.3, 0.4) is 0 Å². The molecule has 0 radical (unpaired) electrons. The van der Waals surface area contributed by atoms with Gasteiger partial charge in [0.25, 0.3) is 0 Å². The Morgan fingerprint density at radius 3 is 2.81 bits per heavy atom. The zero-order chi connectivity index (χ0) is 15.4. The van der Waals surface area contributed by atoms with Crippen molar-refractivity contribution in [1.82, 2.24) is 5.32 Å². The Kier molecular flexibility index (Phi) is 5.34. The molecule has 4 heteroatoms. The fraction of sp³-hybridized carbons (Fsp3) is 0.588. The van der Waals surface area contributed by atoms with E-state index in [0.29, 0.717) is 12.1 Å². The molecule has 1 aromatic carbocycles. The highest BCUT2D eigenvalue weighted by Gasteiger charge is 2.30. The highest BCUT2D eigenvalue weighted by molar-refractivity contribution is 5.70. The van der Waals surface area contributed by atoms with Gasteiger partial charge in [-0.2, -0.15) is 0 Å². The summed E-state index contributed by atoms with van der Waals surface area (Å²) >= 11 is 0. The predicted octanol–water partition coefficient (Wildman–Crippen LogP) is 3.68. The first-order valence-corrected chi connectivity index (χ1v) is 7.71. The lowest BCUT2D eigenvalue weighted by Gasteiger charge is -2.30. The number of rotatable bonds is 5. The van der Waals surface area contributed by atoms with E-state index in [9.17, 15) is 14.3 Å². The molecule has 1 saturated carbocycles. The molecule has 0 amide bonds. The first-order chi connectivity index (χ1) is 9.99. The summed E-state index contributed by atoms with van der Waals surface area (Å²) in [6.45, 7) is 4.41. The van der Waals surface area contributed by atoms with Gasteiger partial charge >= 0.3 is 5.97 Å². The lowest BCUT2D eigenvalue weighted by Crippen LogP contribution is -2.35. The van der Waals surface area contributed by atoms with Gasteiger partial charge in [0.15, 0.2) is 0 Å². The molecule has 1 aromatic rings. The Balaban J connectivity index is 1.94. The van der Waals surface area contributed by atoms with Crippen LogP contribution in [0.15, 0.2) is 18.2 Å². The molecule has 1 aliphatic carbocycles. The predicted molar refractivity (Wildman–Crippen MR) is 80.6 cm³/mol. The van der Waals surface area contributed by atoms with Crippen LogP contribution in [0.5, 0.6) is 0 Å². The summed E-state index contributed by atoms with van der Waals surface area (Å²) in [5, 5.41) is 12.7. The molecule has 21 heavy (non-hydrogen) atoms. The molecule has 3 nitrogen and oxygen atoms in total. The molecule has 3 atom stereocenters. The minimum absolute atomic E-state index is 0.0245. The third kappa shape index (κ3) is 4.03. The molecule has 0 spiro atoms. The second kappa shape index (κ2) is 7.03. The van der Waals surface area contributed by atoms with Crippen molar-refractivity contribution in [2.75, 3.05) is 6.54 Å². The Hall–Kier alpha value is -1.42. The van der Waals surface area contributed by atoms with E-state index in [0.717, 1.165) is 31.2 Å². The van der Waals surface area contributed by atoms with E-state index in [1.54, 1.807) is 19.1 Å². The van der Waals surface area contributed by atoms with Gasteiger partial charge in [-0.25, -0.2) is 4.39 Å². The van der Waals surface area contributed by atoms with Gasteiger partial charge in [0.05, 0.1) is 5.92 Å². The van der Waals surface area contributed by atoms with Crippen LogP contribution in [0, 0.1) is 24.6 Å². The molecular formula is C17H24FNO2. The largest absolute Gasteiger partial charge is 0.481 e. The Morgan fingerprint density at radius 1 is 1.43 bits per heavy atom. The summed E-state index contributed by atoms with van der Waals surface area (Å²) in [4.78, 5) is 11.3. The van der Waals surface area contributed by atoms with Crippen LogP contribution in [0.4, 0.5) is 4.39 Å². The highest BCUT2D eigenvalue weighted by atomic mass is 19.1. The monoisotopic (exact) mass is 293 g/mol. The van der Waals surface area contributed by atoms with Crippen LogP contribution in [0.1, 0.15) is 49.8 Å². The van der Waals surface area contributed by atoms with Crippen molar-refractivity contribution in [3.05, 3.63) is 35.1 Å². The van der Waals surface area contributed by atoms with E-state index in [2.05, 4.69) is 5.32 Å². The van der Waals surface area contributed by atoms with Gasteiger partial charge in [0.1, 0.15) is 5.82 Å². The summed E-state index contributed by atoms with van der Waals surface area (Å²) in [5.74, 6) is -0.944. The minimum Gasteiger partial charge on any atom is -0.481 e. The van der Waals surface area contributed by atoms with Gasteiger partial charge in [-0.05, 0) is 56.3 Å². The molecular weight excluding hydrogens is 269 g/mol. The third-order valence-corrected chi connectivity index (χ3v) is 4.61. The van der Waals surface area contributed by atoms with Crippen molar-refractivity contribution in [3.8, 4) is 0 Å². The zero-order valence-electron chi connectivity index (χ0n) is 12.7. The van der Waals surface area contributed by atoms with Crippen LogP contribution >= 0.6 is 0 Å². The number of carboxylic acids is 1. The maximum absolute atomic E-state index is 13.6. The summed E-state index contributed by atoms with van der Waals surface area (Å²) in [6, 6.07) is 5.29. The van der Waals surface area contributed by atoms with Gasteiger partial charge in [0, 0.05) is 6.04 Å². The third-order valence-electron chi connectivity index (χ3n) is 4.61. The molecule has 0 saturated heterocycles. The number of carboxylic acid groups (broad SMARTS) is 1. The minimum atomic E-state index is -0.685. The van der Waals surface area contributed by atoms with Crippen molar-refractivity contribution >= 4 is 5.97 Å². The van der Waals surface area contributed by atoms with Crippen molar-refractivity contribution in [1.29, 1.82) is 0 Å². The molecule has 0 heterocycles. The smallest absolute Gasteiger partial charge is 0.306 e. The van der Waals surface area contributed by atoms with E-state index in [4.69, 9.17) is 0 Å². The second-order valence-corrected chi connectivity index (χ2v) is 6.13. The number of aliphatic carboxylic acids is 1. The van der Waals surface area contributed by atoms with Gasteiger partial charge < -0.3 is 10.4 Å². The van der Waals surface area contributed by atoms with Gasteiger partial charge in [-0.1, -0.05) is 25.0 Å². The van der Waals surface area contributed by atoms with Crippen LogP contribution in [-0.2, 0) is 4.79 Å². The molecule has 2 rings (SSSR count). The molecule has 1 fully saturated rings. The normalized spacial score (nSPS) is 23.8. The van der Waals surface area contributed by atoms with E-state index in [1.165, 1.54) is 0 Å². The van der Waals surface area contributed by atoms with E-state index >= 15 is 0 Å². The Labute approximate surface area is 125 Å². The molecule has 0 bridgehead atoms. The SMILES string of the molecule is Cc1ccc(C(C)NCC2CCCCC2C(=O)O)cc1F. The molecule has 116 valence electrons. The van der Waals surface area contributed by atoms with Gasteiger partial charge in [0.2, 0.25) is 0 Å². The standard InChI is InChI=1S/C17H24FNO2/c1-11-7-8-13(9-16(11)18)12(2)19-10-14-5-3-4-6-15(14)17(20)21/h7-9,12,14-15,19H,3-6,10H2,1-2H3,(H,20,21). The van der Waals surface area contributed by atoms with Crippen LogP contribution < -0.4 is 5.32 Å². The lowest BCUT2D eigenvalue weighted by molar-refractivity contribution is -0.144. The summed E-state index contributed by atoms with van der Waals surface area (Å²) < 4.78 is 13.6. The average molecular weight is 293 g/mol. The van der Waals surface area contributed by atoms with Crippen molar-refractivity contribution in [2.45, 2.75) is 45.6 Å². The fourth-order valence-electron chi connectivity index (χ4n) is 3.10. The second-order valence-electron chi connectivity index (χ2n) is 6.13. The number of benzene rings is 1. The number of carbonyl (C=O) groups is 1. The number of halogens is 1. The van der Waals surface area contributed by atoms with Crippen molar-refractivity contribution in [3.63, 3.8) is 0 Å². The summed E-state index contributed by atoms with van der Waals surface area (Å²) in [6.07, 6.45) is 3.84. The zero-order valence-corrected chi connectivity index (χ0v) is 12.7. The number of hydrogen-bond donors (Lipinski definition) is 2. The van der Waals surface area contributed by atoms with Crippen LogP contribution in [0.25, 0.3) is 0 Å². The van der Waals surface area contributed by atoms with E-state index in [-0.39, 0.29) is 23.7 Å². The molecule has 2 N–H and O–H groups in total. The number of hydrogen-bond acceptors (Lipinski definition) is 2. The highest BCUT2D eigenvalue weighted by Crippen LogP contribution is 2.30. The van der Waals surface area contributed by atoms with Gasteiger partial charge in [-0.15, -0.1) is 0 Å². The molecule has 0 aliphatic heterocycles. The van der Waals surface area contributed by atoms with Crippen LogP contribution in [-0.4, -0.2) is 17.6 Å². The first kappa shape index (κ1) is 16.0. The van der Waals surface area contributed by atoms with Crippen molar-refractivity contribution < 1.29 is 14.3 Å². The van der Waals surface area contributed by atoms with Gasteiger partial charge in [-0.3, -0.25) is 4.79 Å².